The molecule has 0 fully saturated rings. The zero-order chi connectivity index (χ0) is 22.6. The smallest absolute Gasteiger partial charge is 0.417 e. The molecule has 12 heteroatoms. The molecule has 1 aliphatic rings. The molecule has 2 heterocycles. The summed E-state index contributed by atoms with van der Waals surface area (Å²) in [6.45, 7) is 2.56. The maximum atomic E-state index is 13.5. The van der Waals surface area contributed by atoms with E-state index < -0.39 is 62.3 Å². The number of aliphatic carboxylic acids is 1. The van der Waals surface area contributed by atoms with Crippen LogP contribution in [-0.4, -0.2) is 41.9 Å². The molecule has 1 aromatic carbocycles. The molecule has 0 saturated carbocycles. The van der Waals surface area contributed by atoms with Crippen LogP contribution in [0.5, 0.6) is 0 Å². The van der Waals surface area contributed by atoms with Crippen LogP contribution in [-0.2, 0) is 21.1 Å². The summed E-state index contributed by atoms with van der Waals surface area (Å²) in [5.41, 5.74) is -4.03. The van der Waals surface area contributed by atoms with E-state index >= 15 is 0 Å². The summed E-state index contributed by atoms with van der Waals surface area (Å²) >= 11 is 0. The summed E-state index contributed by atoms with van der Waals surface area (Å²) < 4.78 is 77.5. The molecular weight excluding hydrogens is 431 g/mol. The third-order valence-corrected chi connectivity index (χ3v) is 5.33. The molecule has 30 heavy (non-hydrogen) atoms. The molecule has 0 saturated heterocycles. The van der Waals surface area contributed by atoms with E-state index in [0.29, 0.717) is 0 Å². The normalized spacial score (nSPS) is 16.3. The number of nitrogens with zero attached hydrogens (tertiary/aromatic N) is 1. The van der Waals surface area contributed by atoms with E-state index in [0.717, 1.165) is 12.1 Å². The van der Waals surface area contributed by atoms with Crippen LogP contribution in [0, 0.1) is 0 Å². The highest BCUT2D eigenvalue weighted by atomic mass is 32.2. The van der Waals surface area contributed by atoms with E-state index in [1.54, 1.807) is 13.8 Å². The molecule has 1 aromatic heterocycles. The minimum absolute atomic E-state index is 0.0136. The molecule has 1 aliphatic heterocycles. The van der Waals surface area contributed by atoms with Gasteiger partial charge in [-0.2, -0.15) is 21.6 Å². The predicted octanol–water partition coefficient (Wildman–Crippen LogP) is 2.77. The predicted molar refractivity (Wildman–Crippen MR) is 101 cm³/mol. The van der Waals surface area contributed by atoms with Gasteiger partial charge in [0.15, 0.2) is 0 Å². The third-order valence-electron chi connectivity index (χ3n) is 4.66. The second-order valence-corrected chi connectivity index (χ2v) is 8.82. The Hall–Kier alpha value is -2.86. The first-order valence-electron chi connectivity index (χ1n) is 8.44. The van der Waals surface area contributed by atoms with Crippen molar-refractivity contribution in [3.63, 3.8) is 0 Å². The maximum absolute atomic E-state index is 13.5. The second kappa shape index (κ2) is 6.84. The largest absolute Gasteiger partial charge is 0.480 e. The van der Waals surface area contributed by atoms with E-state index in [9.17, 15) is 40.8 Å². The van der Waals surface area contributed by atoms with Gasteiger partial charge in [-0.25, -0.2) is 4.79 Å². The van der Waals surface area contributed by atoms with Crippen molar-refractivity contribution in [2.75, 3.05) is 17.2 Å². The minimum Gasteiger partial charge on any atom is -0.480 e. The van der Waals surface area contributed by atoms with Gasteiger partial charge in [0.1, 0.15) is 17.9 Å². The summed E-state index contributed by atoms with van der Waals surface area (Å²) in [4.78, 5) is 24.3. The summed E-state index contributed by atoms with van der Waals surface area (Å²) in [6, 6.07) is 2.34. The molecular formula is C18H16F3NO7S. The molecule has 0 unspecified atom stereocenters. The van der Waals surface area contributed by atoms with E-state index in [-0.39, 0.29) is 22.9 Å². The summed E-state index contributed by atoms with van der Waals surface area (Å²) in [5.74, 6) is -2.14. The van der Waals surface area contributed by atoms with Gasteiger partial charge in [0.25, 0.3) is 10.1 Å². The highest BCUT2D eigenvalue weighted by Crippen LogP contribution is 2.43. The standard InChI is InChI=1S/C18H16F3NO7S/c1-17(2)6-9(8-30(26,27)28)10-3-11-12(18(19,20)21)4-16(25)29-14(11)5-13(10)22(17)7-15(23)24/h3-6H,7-8H2,1-2H3,(H,23,24)(H,26,27,28). The molecule has 0 atom stereocenters. The quantitative estimate of drug-likeness (QED) is 0.542. The number of carbonyl (C=O) groups is 1. The molecule has 0 spiro atoms. The Bertz CT molecular complexity index is 1240. The Morgan fingerprint density at radius 2 is 1.87 bits per heavy atom. The molecule has 0 bridgehead atoms. The van der Waals surface area contributed by atoms with Crippen LogP contribution in [0.2, 0.25) is 0 Å². The zero-order valence-corrected chi connectivity index (χ0v) is 16.5. The summed E-state index contributed by atoms with van der Waals surface area (Å²) in [7, 11) is -4.55. The highest BCUT2D eigenvalue weighted by molar-refractivity contribution is 7.86. The van der Waals surface area contributed by atoms with Crippen molar-refractivity contribution < 1.29 is 40.5 Å². The SMILES string of the molecule is CC1(C)C=C(CS(=O)(=O)O)c2cc3c(C(F)(F)F)cc(=O)oc3cc2N1CC(=O)O. The van der Waals surface area contributed by atoms with Crippen molar-refractivity contribution in [1.82, 2.24) is 0 Å². The van der Waals surface area contributed by atoms with E-state index in [1.165, 1.54) is 11.0 Å². The van der Waals surface area contributed by atoms with Gasteiger partial charge >= 0.3 is 17.8 Å². The van der Waals surface area contributed by atoms with Gasteiger partial charge in [-0.05, 0) is 25.5 Å². The molecule has 0 radical (unpaired) electrons. The van der Waals surface area contributed by atoms with Gasteiger partial charge in [-0.1, -0.05) is 6.08 Å². The number of rotatable bonds is 4. The topological polar surface area (TPSA) is 125 Å². The van der Waals surface area contributed by atoms with E-state index in [4.69, 9.17) is 4.42 Å². The first kappa shape index (κ1) is 21.8. The molecule has 162 valence electrons. The lowest BCUT2D eigenvalue weighted by atomic mass is 9.87. The van der Waals surface area contributed by atoms with Crippen LogP contribution in [0.3, 0.4) is 0 Å². The van der Waals surface area contributed by atoms with Gasteiger partial charge in [-0.15, -0.1) is 0 Å². The molecule has 3 rings (SSSR count). The van der Waals surface area contributed by atoms with Crippen LogP contribution in [0.1, 0.15) is 25.0 Å². The number of halogens is 3. The fourth-order valence-corrected chi connectivity index (χ4v) is 4.18. The highest BCUT2D eigenvalue weighted by Gasteiger charge is 2.38. The number of anilines is 1. The van der Waals surface area contributed by atoms with Crippen LogP contribution >= 0.6 is 0 Å². The molecule has 0 aliphatic carbocycles. The first-order valence-corrected chi connectivity index (χ1v) is 10.1. The third kappa shape index (κ3) is 4.19. The van der Waals surface area contributed by atoms with Crippen molar-refractivity contribution in [1.29, 1.82) is 0 Å². The lowest BCUT2D eigenvalue weighted by molar-refractivity contribution is -0.137. The Morgan fingerprint density at radius 3 is 2.40 bits per heavy atom. The van der Waals surface area contributed by atoms with Crippen LogP contribution in [0.15, 0.2) is 33.5 Å². The van der Waals surface area contributed by atoms with Crippen LogP contribution in [0.4, 0.5) is 18.9 Å². The Labute approximate surface area is 168 Å². The average Bonchev–Trinajstić information content (AvgIpc) is 2.53. The van der Waals surface area contributed by atoms with Crippen molar-refractivity contribution in [2.24, 2.45) is 0 Å². The van der Waals surface area contributed by atoms with Gasteiger partial charge in [-0.3, -0.25) is 9.35 Å². The van der Waals surface area contributed by atoms with Crippen molar-refractivity contribution in [3.05, 3.63) is 45.8 Å². The number of hydrogen-bond donors (Lipinski definition) is 2. The lowest BCUT2D eigenvalue weighted by Crippen LogP contribution is -2.48. The fourth-order valence-electron chi connectivity index (χ4n) is 3.55. The van der Waals surface area contributed by atoms with Crippen molar-refractivity contribution in [3.8, 4) is 0 Å². The number of benzene rings is 1. The Balaban J connectivity index is 2.41. The number of alkyl halides is 3. The zero-order valence-electron chi connectivity index (χ0n) is 15.6. The molecule has 0 amide bonds. The van der Waals surface area contributed by atoms with E-state index in [1.807, 2.05) is 0 Å². The van der Waals surface area contributed by atoms with E-state index in [2.05, 4.69) is 0 Å². The van der Waals surface area contributed by atoms with Crippen molar-refractivity contribution >= 4 is 38.3 Å². The fraction of sp³-hybridized carbons (Fsp3) is 0.333. The number of carboxylic acids is 1. The molecule has 8 nitrogen and oxygen atoms in total. The number of carboxylic acid groups (broad SMARTS) is 1. The van der Waals surface area contributed by atoms with Gasteiger partial charge in [0.2, 0.25) is 0 Å². The summed E-state index contributed by atoms with van der Waals surface area (Å²) in [5, 5.41) is 8.76. The molecule has 2 N–H and O–H groups in total. The molecule has 2 aromatic rings. The second-order valence-electron chi connectivity index (χ2n) is 7.37. The Morgan fingerprint density at radius 1 is 1.23 bits per heavy atom. The van der Waals surface area contributed by atoms with Crippen molar-refractivity contribution in [2.45, 2.75) is 25.6 Å². The minimum atomic E-state index is -4.90. The average molecular weight is 447 g/mol. The maximum Gasteiger partial charge on any atom is 0.417 e. The van der Waals surface area contributed by atoms with Crippen LogP contribution in [0.25, 0.3) is 16.5 Å². The van der Waals surface area contributed by atoms with Crippen LogP contribution < -0.4 is 10.5 Å². The summed E-state index contributed by atoms with van der Waals surface area (Å²) in [6.07, 6.45) is -3.53. The van der Waals surface area contributed by atoms with Gasteiger partial charge < -0.3 is 14.4 Å². The monoisotopic (exact) mass is 447 g/mol. The number of fused-ring (bicyclic) bond motifs is 2. The van der Waals surface area contributed by atoms with Gasteiger partial charge in [0.05, 0.1) is 11.1 Å². The lowest BCUT2D eigenvalue weighted by Gasteiger charge is -2.42. The Kier molecular flexibility index (Phi) is 4.98. The van der Waals surface area contributed by atoms with Gasteiger partial charge in [0, 0.05) is 28.8 Å². The number of hydrogen-bond acceptors (Lipinski definition) is 6. The first-order chi connectivity index (χ1) is 13.6.